The maximum absolute atomic E-state index is 5.28. The minimum absolute atomic E-state index is 0.430. The van der Waals surface area contributed by atoms with E-state index in [4.69, 9.17) is 10.6 Å². The number of nitrogens with one attached hydrogen (secondary N) is 2. The summed E-state index contributed by atoms with van der Waals surface area (Å²) in [4.78, 5) is 8.06. The van der Waals surface area contributed by atoms with Gasteiger partial charge in [0.15, 0.2) is 0 Å². The Hall–Kier alpha value is -1.40. The third-order valence-electron chi connectivity index (χ3n) is 2.39. The third-order valence-corrected chi connectivity index (χ3v) is 2.39. The van der Waals surface area contributed by atoms with E-state index < -0.39 is 0 Å². The van der Waals surface area contributed by atoms with Crippen LogP contribution in [0, 0.1) is 0 Å². The number of hydrogen-bond acceptors (Lipinski definition) is 6. The number of hydrazine groups is 1. The van der Waals surface area contributed by atoms with Crippen LogP contribution in [0.15, 0.2) is 12.4 Å². The summed E-state index contributed by atoms with van der Waals surface area (Å²) < 4.78 is 5.28. The standard InChI is InChI=1S/C9H15N5O/c10-14-9-5-8(11-6-12-9)13-7-1-3-15-4-2-7/h5-7H,1-4,10H2,(H2,11,12,13,14). The van der Waals surface area contributed by atoms with Crippen LogP contribution in [0.4, 0.5) is 11.6 Å². The molecule has 82 valence electrons. The Morgan fingerprint density at radius 2 is 2.00 bits per heavy atom. The molecule has 1 saturated heterocycles. The van der Waals surface area contributed by atoms with Crippen molar-refractivity contribution in [3.63, 3.8) is 0 Å². The van der Waals surface area contributed by atoms with E-state index in [2.05, 4.69) is 20.7 Å². The van der Waals surface area contributed by atoms with Gasteiger partial charge >= 0.3 is 0 Å². The molecule has 0 amide bonds. The highest BCUT2D eigenvalue weighted by atomic mass is 16.5. The van der Waals surface area contributed by atoms with Crippen LogP contribution >= 0.6 is 0 Å². The second-order valence-electron chi connectivity index (χ2n) is 3.46. The first-order valence-corrected chi connectivity index (χ1v) is 5.01. The molecule has 0 saturated carbocycles. The van der Waals surface area contributed by atoms with E-state index >= 15 is 0 Å². The van der Waals surface area contributed by atoms with Gasteiger partial charge in [0.1, 0.15) is 18.0 Å². The monoisotopic (exact) mass is 209 g/mol. The van der Waals surface area contributed by atoms with Gasteiger partial charge in [-0.3, -0.25) is 0 Å². The van der Waals surface area contributed by atoms with Crippen LogP contribution in [-0.4, -0.2) is 29.2 Å². The molecule has 1 aliphatic rings. The lowest BCUT2D eigenvalue weighted by atomic mass is 10.1. The van der Waals surface area contributed by atoms with Crippen LogP contribution in [0.5, 0.6) is 0 Å². The minimum atomic E-state index is 0.430. The van der Waals surface area contributed by atoms with Crippen molar-refractivity contribution in [3.05, 3.63) is 12.4 Å². The molecular formula is C9H15N5O. The van der Waals surface area contributed by atoms with Crippen molar-refractivity contribution in [3.8, 4) is 0 Å². The molecule has 0 atom stereocenters. The molecule has 1 fully saturated rings. The minimum Gasteiger partial charge on any atom is -0.381 e. The Kier molecular flexibility index (Phi) is 3.31. The zero-order valence-electron chi connectivity index (χ0n) is 8.44. The van der Waals surface area contributed by atoms with Crippen LogP contribution in [0.25, 0.3) is 0 Å². The van der Waals surface area contributed by atoms with E-state index in [1.165, 1.54) is 6.33 Å². The molecule has 4 N–H and O–H groups in total. The summed E-state index contributed by atoms with van der Waals surface area (Å²) in [7, 11) is 0. The number of hydrogen-bond donors (Lipinski definition) is 3. The Morgan fingerprint density at radius 3 is 2.73 bits per heavy atom. The second kappa shape index (κ2) is 4.90. The molecule has 1 aromatic heterocycles. The van der Waals surface area contributed by atoms with Gasteiger partial charge in [0, 0.05) is 25.3 Å². The van der Waals surface area contributed by atoms with E-state index in [0.717, 1.165) is 31.9 Å². The van der Waals surface area contributed by atoms with Crippen LogP contribution in [0.3, 0.4) is 0 Å². The number of nitrogens with two attached hydrogens (primary N) is 1. The van der Waals surface area contributed by atoms with E-state index in [9.17, 15) is 0 Å². The maximum atomic E-state index is 5.28. The van der Waals surface area contributed by atoms with Crippen molar-refractivity contribution in [2.24, 2.45) is 5.84 Å². The van der Waals surface area contributed by atoms with Gasteiger partial charge in [0.2, 0.25) is 0 Å². The molecule has 6 nitrogen and oxygen atoms in total. The highest BCUT2D eigenvalue weighted by Gasteiger charge is 2.13. The normalized spacial score (nSPS) is 17.4. The van der Waals surface area contributed by atoms with Crippen molar-refractivity contribution < 1.29 is 4.74 Å². The summed E-state index contributed by atoms with van der Waals surface area (Å²) in [5.74, 6) is 6.67. The van der Waals surface area contributed by atoms with Gasteiger partial charge in [0.25, 0.3) is 0 Å². The van der Waals surface area contributed by atoms with Gasteiger partial charge in [0.05, 0.1) is 0 Å². The zero-order valence-corrected chi connectivity index (χ0v) is 8.44. The van der Waals surface area contributed by atoms with Gasteiger partial charge in [-0.25, -0.2) is 15.8 Å². The summed E-state index contributed by atoms with van der Waals surface area (Å²) in [6, 6.07) is 2.22. The molecule has 1 aliphatic heterocycles. The second-order valence-corrected chi connectivity index (χ2v) is 3.46. The molecule has 0 spiro atoms. The molecule has 0 aromatic carbocycles. The molecule has 2 rings (SSSR count). The topological polar surface area (TPSA) is 85.1 Å². The largest absolute Gasteiger partial charge is 0.381 e. The van der Waals surface area contributed by atoms with Crippen LogP contribution in [-0.2, 0) is 4.74 Å². The lowest BCUT2D eigenvalue weighted by Gasteiger charge is -2.23. The van der Waals surface area contributed by atoms with Crippen molar-refractivity contribution in [1.82, 2.24) is 9.97 Å². The van der Waals surface area contributed by atoms with Gasteiger partial charge in [-0.15, -0.1) is 0 Å². The van der Waals surface area contributed by atoms with Crippen LogP contribution < -0.4 is 16.6 Å². The fourth-order valence-corrected chi connectivity index (χ4v) is 1.57. The van der Waals surface area contributed by atoms with Gasteiger partial charge in [-0.2, -0.15) is 0 Å². The van der Waals surface area contributed by atoms with E-state index in [-0.39, 0.29) is 0 Å². The molecule has 6 heteroatoms. The van der Waals surface area contributed by atoms with Gasteiger partial charge in [-0.1, -0.05) is 0 Å². The van der Waals surface area contributed by atoms with E-state index in [1.807, 2.05) is 0 Å². The van der Waals surface area contributed by atoms with Crippen molar-refractivity contribution in [1.29, 1.82) is 0 Å². The van der Waals surface area contributed by atoms with Crippen molar-refractivity contribution >= 4 is 11.6 Å². The van der Waals surface area contributed by atoms with Crippen molar-refractivity contribution in [2.45, 2.75) is 18.9 Å². The van der Waals surface area contributed by atoms with E-state index in [1.54, 1.807) is 6.07 Å². The fourth-order valence-electron chi connectivity index (χ4n) is 1.57. The SMILES string of the molecule is NNc1cc(NC2CCOCC2)ncn1. The summed E-state index contributed by atoms with van der Waals surface area (Å²) in [6.07, 6.45) is 3.50. The Morgan fingerprint density at radius 1 is 1.27 bits per heavy atom. The fraction of sp³-hybridized carbons (Fsp3) is 0.556. The molecule has 2 heterocycles. The number of aromatic nitrogens is 2. The predicted octanol–water partition coefficient (Wildman–Crippen LogP) is 0.353. The molecule has 0 aliphatic carbocycles. The summed E-state index contributed by atoms with van der Waals surface area (Å²) in [5.41, 5.74) is 2.49. The van der Waals surface area contributed by atoms with Gasteiger partial charge < -0.3 is 15.5 Å². The summed E-state index contributed by atoms with van der Waals surface area (Å²) in [6.45, 7) is 1.62. The van der Waals surface area contributed by atoms with E-state index in [0.29, 0.717) is 11.9 Å². The molecular weight excluding hydrogens is 194 g/mol. The first kappa shape index (κ1) is 10.1. The number of nitrogens with zero attached hydrogens (tertiary/aromatic N) is 2. The number of anilines is 2. The molecule has 15 heavy (non-hydrogen) atoms. The number of rotatable bonds is 3. The average Bonchev–Trinajstić information content (AvgIpc) is 2.31. The summed E-state index contributed by atoms with van der Waals surface area (Å²) in [5, 5.41) is 3.33. The maximum Gasteiger partial charge on any atom is 0.145 e. The van der Waals surface area contributed by atoms with Crippen LogP contribution in [0.2, 0.25) is 0 Å². The third kappa shape index (κ3) is 2.77. The average molecular weight is 209 g/mol. The summed E-state index contributed by atoms with van der Waals surface area (Å²) >= 11 is 0. The quantitative estimate of drug-likeness (QED) is 0.492. The Balaban J connectivity index is 1.96. The lowest BCUT2D eigenvalue weighted by molar-refractivity contribution is 0.0904. The number of ether oxygens (including phenoxy) is 1. The number of nitrogen functional groups attached to an aromatic ring is 1. The van der Waals surface area contributed by atoms with Crippen LogP contribution in [0.1, 0.15) is 12.8 Å². The lowest BCUT2D eigenvalue weighted by Crippen LogP contribution is -2.28. The smallest absolute Gasteiger partial charge is 0.145 e. The first-order valence-electron chi connectivity index (χ1n) is 5.01. The zero-order chi connectivity index (χ0) is 10.5. The highest BCUT2D eigenvalue weighted by molar-refractivity contribution is 5.46. The Bertz CT molecular complexity index is 313. The van der Waals surface area contributed by atoms with Crippen molar-refractivity contribution in [2.75, 3.05) is 24.0 Å². The molecule has 0 bridgehead atoms. The Labute approximate surface area is 88.2 Å². The molecule has 0 unspecified atom stereocenters. The highest BCUT2D eigenvalue weighted by Crippen LogP contribution is 2.14. The predicted molar refractivity (Wildman–Crippen MR) is 57.3 cm³/mol. The van der Waals surface area contributed by atoms with Gasteiger partial charge in [-0.05, 0) is 12.8 Å². The molecule has 1 aromatic rings. The first-order chi connectivity index (χ1) is 7.38. The molecule has 0 radical (unpaired) electrons.